The van der Waals surface area contributed by atoms with Gasteiger partial charge in [0.2, 0.25) is 0 Å². The number of urea groups is 1. The summed E-state index contributed by atoms with van der Waals surface area (Å²) in [5.74, 6) is -0.996. The van der Waals surface area contributed by atoms with Gasteiger partial charge in [-0.1, -0.05) is 49.6 Å². The van der Waals surface area contributed by atoms with Gasteiger partial charge in [0.15, 0.2) is 0 Å². The molecule has 1 rings (SSSR count). The number of carboxylic acids is 1. The fraction of sp³-hybridized carbons (Fsp3) is 0.467. The Morgan fingerprint density at radius 2 is 2.10 bits per heavy atom. The fourth-order valence-electron chi connectivity index (χ4n) is 1.88. The molecule has 20 heavy (non-hydrogen) atoms. The summed E-state index contributed by atoms with van der Waals surface area (Å²) in [4.78, 5) is 22.7. The minimum atomic E-state index is -0.996. The van der Waals surface area contributed by atoms with E-state index < -0.39 is 18.0 Å². The number of aryl methyl sites for hydroxylation is 1. The van der Waals surface area contributed by atoms with E-state index in [9.17, 15) is 9.59 Å². The summed E-state index contributed by atoms with van der Waals surface area (Å²) in [7, 11) is 0. The van der Waals surface area contributed by atoms with Gasteiger partial charge in [-0.25, -0.2) is 9.59 Å². The van der Waals surface area contributed by atoms with Gasteiger partial charge in [-0.15, -0.1) is 0 Å². The summed E-state index contributed by atoms with van der Waals surface area (Å²) >= 11 is 0. The number of amides is 2. The van der Waals surface area contributed by atoms with Gasteiger partial charge in [0, 0.05) is 6.54 Å². The highest BCUT2D eigenvalue weighted by Crippen LogP contribution is 2.04. The first-order chi connectivity index (χ1) is 9.52. The smallest absolute Gasteiger partial charge is 0.326 e. The summed E-state index contributed by atoms with van der Waals surface area (Å²) in [6.45, 7) is 4.35. The normalized spacial score (nSPS) is 11.7. The SMILES string of the molecule is CCCCC(NC(=O)NCc1cccc(C)c1)C(=O)O. The van der Waals surface area contributed by atoms with Crippen LogP contribution in [0.4, 0.5) is 4.79 Å². The van der Waals surface area contributed by atoms with Gasteiger partial charge in [-0.2, -0.15) is 0 Å². The molecule has 2 amide bonds. The Balaban J connectivity index is 2.43. The van der Waals surface area contributed by atoms with E-state index in [1.54, 1.807) is 0 Å². The van der Waals surface area contributed by atoms with Gasteiger partial charge in [-0.3, -0.25) is 0 Å². The van der Waals surface area contributed by atoms with Crippen molar-refractivity contribution in [2.45, 2.75) is 45.7 Å². The highest BCUT2D eigenvalue weighted by Gasteiger charge is 2.18. The molecule has 5 heteroatoms. The van der Waals surface area contributed by atoms with Crippen LogP contribution in [-0.4, -0.2) is 23.1 Å². The van der Waals surface area contributed by atoms with E-state index in [2.05, 4.69) is 10.6 Å². The first-order valence-corrected chi connectivity index (χ1v) is 6.85. The largest absolute Gasteiger partial charge is 0.480 e. The average Bonchev–Trinajstić information content (AvgIpc) is 2.41. The fourth-order valence-corrected chi connectivity index (χ4v) is 1.88. The van der Waals surface area contributed by atoms with Crippen molar-refractivity contribution >= 4 is 12.0 Å². The van der Waals surface area contributed by atoms with Crippen LogP contribution in [0.25, 0.3) is 0 Å². The summed E-state index contributed by atoms with van der Waals surface area (Å²) in [6, 6.07) is 6.52. The van der Waals surface area contributed by atoms with Crippen LogP contribution in [0.15, 0.2) is 24.3 Å². The summed E-state index contributed by atoms with van der Waals surface area (Å²) in [5, 5.41) is 14.2. The molecular weight excluding hydrogens is 256 g/mol. The van der Waals surface area contributed by atoms with E-state index >= 15 is 0 Å². The van der Waals surface area contributed by atoms with Crippen LogP contribution in [-0.2, 0) is 11.3 Å². The maximum atomic E-state index is 11.7. The number of hydrogen-bond acceptors (Lipinski definition) is 2. The van der Waals surface area contributed by atoms with Gasteiger partial charge < -0.3 is 15.7 Å². The van der Waals surface area contributed by atoms with Crippen LogP contribution in [0.3, 0.4) is 0 Å². The molecular formula is C15H22N2O3. The molecule has 3 N–H and O–H groups in total. The number of hydrogen-bond donors (Lipinski definition) is 3. The molecule has 1 atom stereocenters. The molecule has 1 aromatic carbocycles. The van der Waals surface area contributed by atoms with Gasteiger partial charge >= 0.3 is 12.0 Å². The first kappa shape index (κ1) is 16.0. The van der Waals surface area contributed by atoms with Gasteiger partial charge in [0.1, 0.15) is 6.04 Å². The Labute approximate surface area is 119 Å². The predicted molar refractivity (Wildman–Crippen MR) is 77.5 cm³/mol. The second-order valence-corrected chi connectivity index (χ2v) is 4.85. The lowest BCUT2D eigenvalue weighted by Crippen LogP contribution is -2.45. The number of rotatable bonds is 7. The highest BCUT2D eigenvalue weighted by atomic mass is 16.4. The van der Waals surface area contributed by atoms with Crippen molar-refractivity contribution < 1.29 is 14.7 Å². The second kappa shape index (κ2) is 8.19. The number of carbonyl (C=O) groups excluding carboxylic acids is 1. The van der Waals surface area contributed by atoms with Crippen LogP contribution in [0, 0.1) is 6.92 Å². The van der Waals surface area contributed by atoms with Crippen LogP contribution < -0.4 is 10.6 Å². The van der Waals surface area contributed by atoms with Crippen molar-refractivity contribution in [1.82, 2.24) is 10.6 Å². The lowest BCUT2D eigenvalue weighted by atomic mass is 10.1. The molecule has 0 fully saturated rings. The van der Waals surface area contributed by atoms with Gasteiger partial charge in [0.25, 0.3) is 0 Å². The van der Waals surface area contributed by atoms with Crippen molar-refractivity contribution in [1.29, 1.82) is 0 Å². The average molecular weight is 278 g/mol. The molecule has 0 aliphatic heterocycles. The summed E-state index contributed by atoms with van der Waals surface area (Å²) in [5.41, 5.74) is 2.11. The molecule has 0 aromatic heterocycles. The van der Waals surface area contributed by atoms with E-state index in [4.69, 9.17) is 5.11 Å². The van der Waals surface area contributed by atoms with Crippen LogP contribution >= 0.6 is 0 Å². The number of carbonyl (C=O) groups is 2. The molecule has 0 saturated carbocycles. The third-order valence-corrected chi connectivity index (χ3v) is 2.99. The van der Waals surface area contributed by atoms with E-state index in [0.717, 1.165) is 24.0 Å². The first-order valence-electron chi connectivity index (χ1n) is 6.85. The zero-order chi connectivity index (χ0) is 15.0. The van der Waals surface area contributed by atoms with E-state index in [-0.39, 0.29) is 0 Å². The number of carboxylic acid groups (broad SMARTS) is 1. The molecule has 0 saturated heterocycles. The Bertz CT molecular complexity index is 460. The molecule has 0 aliphatic rings. The molecule has 0 spiro atoms. The second-order valence-electron chi connectivity index (χ2n) is 4.85. The Kier molecular flexibility index (Phi) is 6.56. The minimum absolute atomic E-state index is 0.383. The summed E-state index contributed by atoms with van der Waals surface area (Å²) in [6.07, 6.45) is 2.12. The van der Waals surface area contributed by atoms with Gasteiger partial charge in [-0.05, 0) is 18.9 Å². The highest BCUT2D eigenvalue weighted by molar-refractivity contribution is 5.82. The molecule has 0 bridgehead atoms. The monoisotopic (exact) mass is 278 g/mol. The zero-order valence-corrected chi connectivity index (χ0v) is 12.0. The summed E-state index contributed by atoms with van der Waals surface area (Å²) < 4.78 is 0. The van der Waals surface area contributed by atoms with E-state index in [1.807, 2.05) is 38.1 Å². The Morgan fingerprint density at radius 3 is 2.70 bits per heavy atom. The standard InChI is InChI=1S/C15H22N2O3/c1-3-4-8-13(14(18)19)17-15(20)16-10-12-7-5-6-11(2)9-12/h5-7,9,13H,3-4,8,10H2,1-2H3,(H,18,19)(H2,16,17,20). The van der Waals surface area contributed by atoms with Crippen molar-refractivity contribution in [2.75, 3.05) is 0 Å². The van der Waals surface area contributed by atoms with E-state index in [0.29, 0.717) is 13.0 Å². The third-order valence-electron chi connectivity index (χ3n) is 2.99. The number of benzene rings is 1. The molecule has 0 radical (unpaired) electrons. The molecule has 0 aliphatic carbocycles. The van der Waals surface area contributed by atoms with Crippen LogP contribution in [0.5, 0.6) is 0 Å². The van der Waals surface area contributed by atoms with Gasteiger partial charge in [0.05, 0.1) is 0 Å². The lowest BCUT2D eigenvalue weighted by Gasteiger charge is -2.14. The number of nitrogens with one attached hydrogen (secondary N) is 2. The number of unbranched alkanes of at least 4 members (excludes halogenated alkanes) is 1. The van der Waals surface area contributed by atoms with E-state index in [1.165, 1.54) is 0 Å². The molecule has 1 unspecified atom stereocenters. The maximum Gasteiger partial charge on any atom is 0.326 e. The molecule has 110 valence electrons. The Hall–Kier alpha value is -2.04. The van der Waals surface area contributed by atoms with Crippen molar-refractivity contribution in [3.63, 3.8) is 0 Å². The molecule has 5 nitrogen and oxygen atoms in total. The zero-order valence-electron chi connectivity index (χ0n) is 12.0. The van der Waals surface area contributed by atoms with Crippen molar-refractivity contribution in [3.8, 4) is 0 Å². The third kappa shape index (κ3) is 5.73. The minimum Gasteiger partial charge on any atom is -0.480 e. The predicted octanol–water partition coefficient (Wildman–Crippen LogP) is 2.44. The molecule has 0 heterocycles. The lowest BCUT2D eigenvalue weighted by molar-refractivity contribution is -0.139. The van der Waals surface area contributed by atoms with Crippen molar-refractivity contribution in [3.05, 3.63) is 35.4 Å². The van der Waals surface area contributed by atoms with Crippen LogP contribution in [0.2, 0.25) is 0 Å². The van der Waals surface area contributed by atoms with Crippen molar-refractivity contribution in [2.24, 2.45) is 0 Å². The Morgan fingerprint density at radius 1 is 1.35 bits per heavy atom. The molecule has 1 aromatic rings. The number of aliphatic carboxylic acids is 1. The van der Waals surface area contributed by atoms with Crippen LogP contribution in [0.1, 0.15) is 37.3 Å². The maximum absolute atomic E-state index is 11.7. The topological polar surface area (TPSA) is 78.4 Å². The quantitative estimate of drug-likeness (QED) is 0.716.